The lowest BCUT2D eigenvalue weighted by molar-refractivity contribution is 0.0769. The summed E-state index contributed by atoms with van der Waals surface area (Å²) < 4.78 is 0. The predicted octanol–water partition coefficient (Wildman–Crippen LogP) is 4.04. The summed E-state index contributed by atoms with van der Waals surface area (Å²) in [5, 5.41) is 9.07. The normalized spacial score (nSPS) is 16.4. The zero-order valence-corrected chi connectivity index (χ0v) is 14.1. The third-order valence-electron chi connectivity index (χ3n) is 4.31. The standard InChI is InChI=1S/C19H20N2OS/c1-14-7-8-17-16(11-14)12-18(23-17)19(22)21(10-9-20)13-15-5-3-2-4-6-15/h2-6,12,14H,7-8,10-11,13H2,1H3. The number of carbonyl (C=O) groups is 1. The van der Waals surface area contributed by atoms with Crippen LogP contribution in [0.1, 0.15) is 39.0 Å². The predicted molar refractivity (Wildman–Crippen MR) is 92.3 cm³/mol. The molecule has 0 saturated carbocycles. The van der Waals surface area contributed by atoms with Gasteiger partial charge in [-0.1, -0.05) is 37.3 Å². The molecule has 0 fully saturated rings. The number of nitrogens with zero attached hydrogens (tertiary/aromatic N) is 2. The molecule has 1 aromatic heterocycles. The van der Waals surface area contributed by atoms with E-state index in [4.69, 9.17) is 5.26 Å². The minimum atomic E-state index is -0.0255. The summed E-state index contributed by atoms with van der Waals surface area (Å²) in [5.41, 5.74) is 2.37. The molecule has 0 aliphatic heterocycles. The Morgan fingerprint density at radius 2 is 2.17 bits per heavy atom. The third kappa shape index (κ3) is 3.62. The van der Waals surface area contributed by atoms with E-state index in [9.17, 15) is 4.79 Å². The van der Waals surface area contributed by atoms with Crippen molar-refractivity contribution in [2.45, 2.75) is 32.7 Å². The summed E-state index contributed by atoms with van der Waals surface area (Å²) in [7, 11) is 0. The van der Waals surface area contributed by atoms with Gasteiger partial charge in [-0.05, 0) is 42.4 Å². The van der Waals surface area contributed by atoms with Crippen molar-refractivity contribution in [1.82, 2.24) is 4.90 Å². The van der Waals surface area contributed by atoms with Gasteiger partial charge >= 0.3 is 0 Å². The molecule has 3 nitrogen and oxygen atoms in total. The number of aryl methyl sites for hydroxylation is 1. The monoisotopic (exact) mass is 324 g/mol. The maximum atomic E-state index is 12.8. The third-order valence-corrected chi connectivity index (χ3v) is 5.53. The van der Waals surface area contributed by atoms with Crippen LogP contribution in [0.5, 0.6) is 0 Å². The van der Waals surface area contributed by atoms with Crippen molar-refractivity contribution in [2.75, 3.05) is 6.54 Å². The maximum absolute atomic E-state index is 12.8. The molecule has 1 unspecified atom stereocenters. The lowest BCUT2D eigenvalue weighted by atomic mass is 9.90. The molecule has 0 spiro atoms. The molecule has 1 heterocycles. The van der Waals surface area contributed by atoms with E-state index >= 15 is 0 Å². The second kappa shape index (κ2) is 6.97. The maximum Gasteiger partial charge on any atom is 0.265 e. The van der Waals surface area contributed by atoms with Gasteiger partial charge in [0.05, 0.1) is 10.9 Å². The minimum absolute atomic E-state index is 0.0255. The van der Waals surface area contributed by atoms with Crippen LogP contribution in [0.2, 0.25) is 0 Å². The fourth-order valence-corrected chi connectivity index (χ4v) is 4.23. The highest BCUT2D eigenvalue weighted by Crippen LogP contribution is 2.32. The number of fused-ring (bicyclic) bond motifs is 1. The molecular formula is C19H20N2OS. The van der Waals surface area contributed by atoms with Crippen molar-refractivity contribution in [3.63, 3.8) is 0 Å². The van der Waals surface area contributed by atoms with Crippen LogP contribution in [0, 0.1) is 17.2 Å². The molecule has 3 rings (SSSR count). The Hall–Kier alpha value is -2.12. The first kappa shape index (κ1) is 15.8. The molecule has 118 valence electrons. The molecule has 1 aliphatic rings. The molecule has 0 bridgehead atoms. The van der Waals surface area contributed by atoms with E-state index in [1.54, 1.807) is 16.2 Å². The van der Waals surface area contributed by atoms with Gasteiger partial charge in [-0.3, -0.25) is 4.79 Å². The lowest BCUT2D eigenvalue weighted by Crippen LogP contribution is -2.30. The molecule has 2 aromatic rings. The van der Waals surface area contributed by atoms with E-state index in [1.165, 1.54) is 16.9 Å². The summed E-state index contributed by atoms with van der Waals surface area (Å²) in [6, 6.07) is 14.0. The Morgan fingerprint density at radius 3 is 2.91 bits per heavy atom. The van der Waals surface area contributed by atoms with Crippen LogP contribution in [0.4, 0.5) is 0 Å². The first-order valence-corrected chi connectivity index (χ1v) is 8.80. The van der Waals surface area contributed by atoms with E-state index in [-0.39, 0.29) is 12.5 Å². The SMILES string of the molecule is CC1CCc2sc(C(=O)N(CC#N)Cc3ccccc3)cc2C1. The van der Waals surface area contributed by atoms with Crippen LogP contribution in [0.15, 0.2) is 36.4 Å². The second-order valence-corrected chi connectivity index (χ2v) is 7.35. The highest BCUT2D eigenvalue weighted by molar-refractivity contribution is 7.14. The fraction of sp³-hybridized carbons (Fsp3) is 0.368. The van der Waals surface area contributed by atoms with Crippen LogP contribution in [0.3, 0.4) is 0 Å². The topological polar surface area (TPSA) is 44.1 Å². The first-order chi connectivity index (χ1) is 11.2. The number of thiophene rings is 1. The van der Waals surface area contributed by atoms with Crippen molar-refractivity contribution in [1.29, 1.82) is 5.26 Å². The zero-order valence-electron chi connectivity index (χ0n) is 13.3. The Bertz CT molecular complexity index is 730. The van der Waals surface area contributed by atoms with Crippen molar-refractivity contribution >= 4 is 17.2 Å². The van der Waals surface area contributed by atoms with Gasteiger partial charge in [-0.25, -0.2) is 0 Å². The molecule has 4 heteroatoms. The average Bonchev–Trinajstić information content (AvgIpc) is 2.98. The Balaban J connectivity index is 1.80. The van der Waals surface area contributed by atoms with Gasteiger partial charge in [0, 0.05) is 11.4 Å². The van der Waals surface area contributed by atoms with Gasteiger partial charge in [0.25, 0.3) is 5.91 Å². The van der Waals surface area contributed by atoms with Gasteiger partial charge in [0.1, 0.15) is 6.54 Å². The van der Waals surface area contributed by atoms with E-state index in [0.717, 1.165) is 23.3 Å². The first-order valence-electron chi connectivity index (χ1n) is 7.99. The molecule has 1 atom stereocenters. The smallest absolute Gasteiger partial charge is 0.265 e. The highest BCUT2D eigenvalue weighted by atomic mass is 32.1. The van der Waals surface area contributed by atoms with E-state index in [0.29, 0.717) is 12.5 Å². The Labute approximate surface area is 141 Å². The Kier molecular flexibility index (Phi) is 4.78. The summed E-state index contributed by atoms with van der Waals surface area (Å²) in [4.78, 5) is 16.6. The second-order valence-electron chi connectivity index (χ2n) is 6.21. The molecule has 0 N–H and O–H groups in total. The van der Waals surface area contributed by atoms with Crippen molar-refractivity contribution in [3.05, 3.63) is 57.3 Å². The summed E-state index contributed by atoms with van der Waals surface area (Å²) >= 11 is 1.61. The average molecular weight is 324 g/mol. The van der Waals surface area contributed by atoms with Gasteiger partial charge in [0.15, 0.2) is 0 Å². The van der Waals surface area contributed by atoms with Crippen LogP contribution in [-0.2, 0) is 19.4 Å². The number of rotatable bonds is 4. The van der Waals surface area contributed by atoms with Gasteiger partial charge in [-0.2, -0.15) is 5.26 Å². The molecule has 23 heavy (non-hydrogen) atoms. The van der Waals surface area contributed by atoms with Crippen LogP contribution >= 0.6 is 11.3 Å². The van der Waals surface area contributed by atoms with Gasteiger partial charge in [-0.15, -0.1) is 11.3 Å². The van der Waals surface area contributed by atoms with Crippen molar-refractivity contribution in [2.24, 2.45) is 5.92 Å². The lowest BCUT2D eigenvalue weighted by Gasteiger charge is -2.18. The summed E-state index contributed by atoms with van der Waals surface area (Å²) in [6.07, 6.45) is 3.34. The van der Waals surface area contributed by atoms with E-state index < -0.39 is 0 Å². The molecule has 1 aromatic carbocycles. The number of nitriles is 1. The van der Waals surface area contributed by atoms with Crippen LogP contribution in [0.25, 0.3) is 0 Å². The van der Waals surface area contributed by atoms with Crippen LogP contribution in [-0.4, -0.2) is 17.4 Å². The van der Waals surface area contributed by atoms with E-state index in [2.05, 4.69) is 13.0 Å². The number of hydrogen-bond donors (Lipinski definition) is 0. The number of hydrogen-bond acceptors (Lipinski definition) is 3. The molecule has 1 amide bonds. The largest absolute Gasteiger partial charge is 0.320 e. The van der Waals surface area contributed by atoms with Gasteiger partial charge < -0.3 is 4.90 Å². The van der Waals surface area contributed by atoms with Crippen molar-refractivity contribution < 1.29 is 4.79 Å². The summed E-state index contributed by atoms with van der Waals surface area (Å²) in [5.74, 6) is 0.669. The Morgan fingerprint density at radius 1 is 1.39 bits per heavy atom. The van der Waals surface area contributed by atoms with Crippen molar-refractivity contribution in [3.8, 4) is 6.07 Å². The van der Waals surface area contributed by atoms with E-state index in [1.807, 2.05) is 36.4 Å². The number of amides is 1. The number of carbonyl (C=O) groups excluding carboxylic acids is 1. The quantitative estimate of drug-likeness (QED) is 0.797. The van der Waals surface area contributed by atoms with Gasteiger partial charge in [0.2, 0.25) is 0 Å². The summed E-state index contributed by atoms with van der Waals surface area (Å²) in [6.45, 7) is 2.86. The molecule has 0 saturated heterocycles. The minimum Gasteiger partial charge on any atom is -0.320 e. The molecule has 1 aliphatic carbocycles. The fourth-order valence-electron chi connectivity index (χ4n) is 3.06. The number of benzene rings is 1. The molecular weight excluding hydrogens is 304 g/mol. The zero-order chi connectivity index (χ0) is 16.2. The molecule has 0 radical (unpaired) electrons. The van der Waals surface area contributed by atoms with Crippen LogP contribution < -0.4 is 0 Å². The highest BCUT2D eigenvalue weighted by Gasteiger charge is 2.23.